The lowest BCUT2D eigenvalue weighted by atomic mass is 10.2. The van der Waals surface area contributed by atoms with E-state index in [-0.39, 0.29) is 11.7 Å². The van der Waals surface area contributed by atoms with Crippen molar-refractivity contribution in [2.75, 3.05) is 7.11 Å². The molecule has 0 bridgehead atoms. The fraction of sp³-hybridized carbons (Fsp3) is 0.0417. The molecule has 0 unspecified atom stereocenters. The van der Waals surface area contributed by atoms with Crippen LogP contribution in [0.5, 0.6) is 11.5 Å². The van der Waals surface area contributed by atoms with Gasteiger partial charge in [-0.3, -0.25) is 4.79 Å². The number of hydrazone groups is 1. The Hall–Kier alpha value is -3.20. The van der Waals surface area contributed by atoms with Crippen LogP contribution in [-0.2, 0) is 0 Å². The molecule has 9 heteroatoms. The second-order valence-electron chi connectivity index (χ2n) is 6.75. The molecule has 33 heavy (non-hydrogen) atoms. The van der Waals surface area contributed by atoms with Gasteiger partial charge in [0, 0.05) is 20.1 Å². The molecule has 0 atom stereocenters. The molecule has 3 aromatic carbocycles. The first-order chi connectivity index (χ1) is 16.0. The monoisotopic (exact) mass is 542 g/mol. The Morgan fingerprint density at radius 1 is 1.06 bits per heavy atom. The van der Waals surface area contributed by atoms with E-state index in [1.165, 1.54) is 24.7 Å². The number of thiophene rings is 1. The number of ether oxygens (including phenoxy) is 2. The zero-order valence-electron chi connectivity index (χ0n) is 17.2. The van der Waals surface area contributed by atoms with E-state index in [0.717, 1.165) is 14.6 Å². The molecule has 6 nitrogen and oxygen atoms in total. The van der Waals surface area contributed by atoms with Gasteiger partial charge in [-0.15, -0.1) is 11.3 Å². The molecular weight excluding hydrogens is 528 g/mol. The number of hydrogen-bond acceptors (Lipinski definition) is 6. The summed E-state index contributed by atoms with van der Waals surface area (Å²) in [6.45, 7) is 0. The fourth-order valence-electron chi connectivity index (χ4n) is 3.00. The smallest absolute Gasteiger partial charge is 0.355 e. The predicted molar refractivity (Wildman–Crippen MR) is 134 cm³/mol. The van der Waals surface area contributed by atoms with Crippen LogP contribution in [0.25, 0.3) is 10.1 Å². The van der Waals surface area contributed by atoms with Gasteiger partial charge in [0.1, 0.15) is 4.88 Å². The highest BCUT2D eigenvalue weighted by molar-refractivity contribution is 9.10. The number of nitrogens with zero attached hydrogens (tertiary/aromatic N) is 1. The fourth-order valence-corrected chi connectivity index (χ4v) is 4.78. The zero-order chi connectivity index (χ0) is 23.4. The number of esters is 1. The van der Waals surface area contributed by atoms with Gasteiger partial charge in [-0.25, -0.2) is 10.2 Å². The van der Waals surface area contributed by atoms with E-state index >= 15 is 0 Å². The van der Waals surface area contributed by atoms with Gasteiger partial charge in [-0.1, -0.05) is 51.8 Å². The third kappa shape index (κ3) is 5.24. The highest BCUT2D eigenvalue weighted by atomic mass is 79.9. The molecule has 0 aliphatic rings. The third-order valence-electron chi connectivity index (χ3n) is 4.58. The summed E-state index contributed by atoms with van der Waals surface area (Å²) in [6, 6.07) is 19.4. The molecule has 0 spiro atoms. The quantitative estimate of drug-likeness (QED) is 0.134. The molecule has 1 aromatic heterocycles. The lowest BCUT2D eigenvalue weighted by Gasteiger charge is -2.09. The van der Waals surface area contributed by atoms with Crippen molar-refractivity contribution in [1.82, 2.24) is 5.43 Å². The Kier molecular flexibility index (Phi) is 7.08. The van der Waals surface area contributed by atoms with Crippen molar-refractivity contribution in [3.05, 3.63) is 92.2 Å². The molecule has 0 saturated heterocycles. The van der Waals surface area contributed by atoms with Crippen molar-refractivity contribution in [2.45, 2.75) is 0 Å². The number of fused-ring (bicyclic) bond motifs is 1. The first-order valence-electron chi connectivity index (χ1n) is 9.62. The lowest BCUT2D eigenvalue weighted by molar-refractivity contribution is 0.0734. The first-order valence-corrected chi connectivity index (χ1v) is 11.6. The number of carbonyl (C=O) groups is 2. The van der Waals surface area contributed by atoms with Crippen molar-refractivity contribution in [2.24, 2.45) is 5.10 Å². The molecule has 4 aromatic rings. The number of nitrogens with one attached hydrogen (secondary N) is 1. The molecule has 0 aliphatic heterocycles. The minimum Gasteiger partial charge on any atom is -0.493 e. The van der Waals surface area contributed by atoms with Crippen LogP contribution < -0.4 is 14.9 Å². The van der Waals surface area contributed by atoms with Crippen molar-refractivity contribution < 1.29 is 19.1 Å². The van der Waals surface area contributed by atoms with Gasteiger partial charge in [0.25, 0.3) is 5.91 Å². The summed E-state index contributed by atoms with van der Waals surface area (Å²) in [4.78, 5) is 25.2. The second kappa shape index (κ2) is 10.2. The van der Waals surface area contributed by atoms with Gasteiger partial charge < -0.3 is 9.47 Å². The van der Waals surface area contributed by atoms with Crippen LogP contribution in [0.3, 0.4) is 0 Å². The van der Waals surface area contributed by atoms with E-state index in [2.05, 4.69) is 26.5 Å². The summed E-state index contributed by atoms with van der Waals surface area (Å²) in [6.07, 6.45) is 1.47. The molecule has 0 fully saturated rings. The van der Waals surface area contributed by atoms with Gasteiger partial charge in [-0.05, 0) is 48.0 Å². The van der Waals surface area contributed by atoms with E-state index in [9.17, 15) is 9.59 Å². The summed E-state index contributed by atoms with van der Waals surface area (Å²) in [5.41, 5.74) is 3.58. The summed E-state index contributed by atoms with van der Waals surface area (Å²) in [7, 11) is 1.47. The average Bonchev–Trinajstić information content (AvgIpc) is 3.16. The van der Waals surface area contributed by atoms with Gasteiger partial charge in [0.2, 0.25) is 0 Å². The first kappa shape index (κ1) is 23.0. The van der Waals surface area contributed by atoms with Crippen LogP contribution in [-0.4, -0.2) is 25.2 Å². The molecule has 166 valence electrons. The summed E-state index contributed by atoms with van der Waals surface area (Å²) < 4.78 is 12.6. The van der Waals surface area contributed by atoms with Crippen LogP contribution in [0.15, 0.2) is 76.3 Å². The van der Waals surface area contributed by atoms with E-state index in [1.807, 2.05) is 30.3 Å². The number of carbonyl (C=O) groups excluding carboxylic acids is 2. The van der Waals surface area contributed by atoms with Gasteiger partial charge in [0.15, 0.2) is 11.5 Å². The Balaban J connectivity index is 1.47. The zero-order valence-corrected chi connectivity index (χ0v) is 20.3. The third-order valence-corrected chi connectivity index (χ3v) is 6.73. The number of benzene rings is 3. The van der Waals surface area contributed by atoms with E-state index in [1.54, 1.807) is 36.4 Å². The normalized spacial score (nSPS) is 11.0. The number of halogens is 2. The van der Waals surface area contributed by atoms with Gasteiger partial charge in [0.05, 0.1) is 18.3 Å². The molecule has 0 radical (unpaired) electrons. The number of methoxy groups -OCH3 is 1. The van der Waals surface area contributed by atoms with Crippen LogP contribution in [0.2, 0.25) is 5.02 Å². The average molecular weight is 544 g/mol. The topological polar surface area (TPSA) is 77.0 Å². The minimum absolute atomic E-state index is 0.242. The number of hydrogen-bond donors (Lipinski definition) is 1. The molecule has 4 rings (SSSR count). The highest BCUT2D eigenvalue weighted by Crippen LogP contribution is 2.37. The second-order valence-corrected chi connectivity index (χ2v) is 9.10. The maximum Gasteiger partial charge on any atom is 0.355 e. The largest absolute Gasteiger partial charge is 0.493 e. The van der Waals surface area contributed by atoms with Gasteiger partial charge >= 0.3 is 5.97 Å². The van der Waals surface area contributed by atoms with E-state index < -0.39 is 5.97 Å². The van der Waals surface area contributed by atoms with Crippen molar-refractivity contribution in [3.8, 4) is 11.5 Å². The standard InChI is InChI=1S/C24H16BrClN2O4S/c1-31-19-11-14(13-27-28-23(29)15-5-4-6-16(25)12-15)9-10-18(19)32-24(30)22-21(26)17-7-2-3-8-20(17)33-22/h2-13H,1H3,(H,28,29). The number of rotatable bonds is 6. The maximum atomic E-state index is 12.7. The van der Waals surface area contributed by atoms with Crippen molar-refractivity contribution in [3.63, 3.8) is 0 Å². The number of amides is 1. The molecule has 0 saturated carbocycles. The Morgan fingerprint density at radius 2 is 1.88 bits per heavy atom. The predicted octanol–water partition coefficient (Wildman–Crippen LogP) is 6.31. The van der Waals surface area contributed by atoms with Crippen molar-refractivity contribution in [1.29, 1.82) is 0 Å². The SMILES string of the molecule is COc1cc(C=NNC(=O)c2cccc(Br)c2)ccc1OC(=O)c1sc2ccccc2c1Cl. The molecule has 1 N–H and O–H groups in total. The molecule has 0 aliphatic carbocycles. The Morgan fingerprint density at radius 3 is 2.64 bits per heavy atom. The highest BCUT2D eigenvalue weighted by Gasteiger charge is 2.20. The minimum atomic E-state index is -0.567. The van der Waals surface area contributed by atoms with E-state index in [4.69, 9.17) is 21.1 Å². The van der Waals surface area contributed by atoms with Crippen LogP contribution in [0, 0.1) is 0 Å². The van der Waals surface area contributed by atoms with Crippen molar-refractivity contribution >= 4 is 67.0 Å². The molecule has 1 amide bonds. The Bertz CT molecular complexity index is 1390. The summed E-state index contributed by atoms with van der Waals surface area (Å²) >= 11 is 11.0. The summed E-state index contributed by atoms with van der Waals surface area (Å²) in [5, 5.41) is 5.15. The Labute approximate surface area is 206 Å². The van der Waals surface area contributed by atoms with E-state index in [0.29, 0.717) is 26.8 Å². The summed E-state index contributed by atoms with van der Waals surface area (Å²) in [5.74, 6) is -0.332. The van der Waals surface area contributed by atoms with Crippen LogP contribution in [0.4, 0.5) is 0 Å². The van der Waals surface area contributed by atoms with Gasteiger partial charge in [-0.2, -0.15) is 5.10 Å². The molecule has 1 heterocycles. The van der Waals surface area contributed by atoms with Crippen LogP contribution >= 0.6 is 38.9 Å². The lowest BCUT2D eigenvalue weighted by Crippen LogP contribution is -2.17. The van der Waals surface area contributed by atoms with Crippen LogP contribution in [0.1, 0.15) is 25.6 Å². The maximum absolute atomic E-state index is 12.7. The molecular formula is C24H16BrClN2O4S.